The largest absolute Gasteiger partial charge is 0.492 e. The molecule has 0 saturated carbocycles. The summed E-state index contributed by atoms with van der Waals surface area (Å²) in [6.45, 7) is 3.55. The average Bonchev–Trinajstić information content (AvgIpc) is 2.54. The number of halogens is 4. The molecule has 1 rings (SSSR count). The van der Waals surface area contributed by atoms with E-state index in [9.17, 15) is 13.2 Å². The molecule has 9 heteroatoms. The van der Waals surface area contributed by atoms with Gasteiger partial charge in [0, 0.05) is 13.7 Å². The minimum absolute atomic E-state index is 0.778. The molecule has 25 heavy (non-hydrogen) atoms. The summed E-state index contributed by atoms with van der Waals surface area (Å²) in [6, 6.07) is 7.95. The predicted molar refractivity (Wildman–Crippen MR) is 91.9 cm³/mol. The number of carboxylic acid groups (broad SMARTS) is 1. The second kappa shape index (κ2) is 13.9. The van der Waals surface area contributed by atoms with Crippen LogP contribution in [-0.2, 0) is 9.53 Å². The van der Waals surface area contributed by atoms with Crippen LogP contribution in [0, 0.1) is 0 Å². The van der Waals surface area contributed by atoms with E-state index in [2.05, 4.69) is 21.2 Å². The Morgan fingerprint density at radius 2 is 1.80 bits per heavy atom. The van der Waals surface area contributed by atoms with Crippen molar-refractivity contribution in [2.24, 2.45) is 0 Å². The first-order valence-corrected chi connectivity index (χ1v) is 8.45. The van der Waals surface area contributed by atoms with Gasteiger partial charge < -0.3 is 19.9 Å². The number of rotatable bonds is 10. The number of carboxylic acids is 1. The number of ether oxygens (including phenoxy) is 2. The number of hydrogen-bond donors (Lipinski definition) is 2. The number of hydrogen-bond acceptors (Lipinski definition) is 4. The number of carbonyl (C=O) groups is 1. The minimum atomic E-state index is -5.08. The van der Waals surface area contributed by atoms with Gasteiger partial charge in [-0.2, -0.15) is 13.2 Å². The molecule has 0 atom stereocenters. The standard InChI is InChI=1S/C14H22BrNO2.C2HF3O2/c1-17-12-10-16-9-5-2-6-11-18-14-8-4-3-7-13(14)15;3-2(4,5)1(6)7/h3-4,7-8,16H,2,5-6,9-12H2,1H3;(H,6,7). The Hall–Kier alpha value is -1.32. The fourth-order valence-electron chi connectivity index (χ4n) is 1.57. The number of para-hydroxylation sites is 1. The maximum absolute atomic E-state index is 10.6. The predicted octanol–water partition coefficient (Wildman–Crippen LogP) is 3.87. The summed E-state index contributed by atoms with van der Waals surface area (Å²) in [6.07, 6.45) is -1.62. The van der Waals surface area contributed by atoms with Gasteiger partial charge in [0.1, 0.15) is 5.75 Å². The number of unbranched alkanes of at least 4 members (excludes halogenated alkanes) is 2. The second-order valence-electron chi connectivity index (χ2n) is 4.89. The number of nitrogens with one attached hydrogen (secondary N) is 1. The lowest BCUT2D eigenvalue weighted by Crippen LogP contribution is -2.21. The Labute approximate surface area is 153 Å². The van der Waals surface area contributed by atoms with Crippen LogP contribution in [0.5, 0.6) is 5.75 Å². The van der Waals surface area contributed by atoms with Gasteiger partial charge >= 0.3 is 12.1 Å². The third-order valence-electron chi connectivity index (χ3n) is 2.82. The van der Waals surface area contributed by atoms with Crippen LogP contribution in [0.1, 0.15) is 19.3 Å². The Morgan fingerprint density at radius 1 is 1.16 bits per heavy atom. The molecular formula is C16H23BrF3NO4. The third kappa shape index (κ3) is 13.6. The third-order valence-corrected chi connectivity index (χ3v) is 3.47. The quantitative estimate of drug-likeness (QED) is 0.552. The highest BCUT2D eigenvalue weighted by atomic mass is 79.9. The first kappa shape index (κ1) is 23.7. The molecule has 1 aromatic carbocycles. The van der Waals surface area contributed by atoms with E-state index < -0.39 is 12.1 Å². The van der Waals surface area contributed by atoms with Gasteiger partial charge in [0.25, 0.3) is 0 Å². The lowest BCUT2D eigenvalue weighted by Gasteiger charge is -2.08. The van der Waals surface area contributed by atoms with Gasteiger partial charge in [0.2, 0.25) is 0 Å². The summed E-state index contributed by atoms with van der Waals surface area (Å²) in [5.41, 5.74) is 0. The molecule has 0 aromatic heterocycles. The van der Waals surface area contributed by atoms with E-state index in [0.29, 0.717) is 0 Å². The highest BCUT2D eigenvalue weighted by molar-refractivity contribution is 9.10. The summed E-state index contributed by atoms with van der Waals surface area (Å²) >= 11 is 3.47. The van der Waals surface area contributed by atoms with Crippen molar-refractivity contribution in [3.05, 3.63) is 28.7 Å². The van der Waals surface area contributed by atoms with Crippen LogP contribution in [-0.4, -0.2) is 50.7 Å². The van der Waals surface area contributed by atoms with Crippen molar-refractivity contribution < 1.29 is 32.5 Å². The normalized spacial score (nSPS) is 10.8. The monoisotopic (exact) mass is 429 g/mol. The summed E-state index contributed by atoms with van der Waals surface area (Å²) in [4.78, 5) is 8.90. The molecule has 0 heterocycles. The maximum atomic E-state index is 10.6. The molecule has 144 valence electrons. The summed E-state index contributed by atoms with van der Waals surface area (Å²) in [5, 5.41) is 10.5. The second-order valence-corrected chi connectivity index (χ2v) is 5.74. The maximum Gasteiger partial charge on any atom is 0.490 e. The van der Waals surface area contributed by atoms with Crippen molar-refractivity contribution in [3.63, 3.8) is 0 Å². The van der Waals surface area contributed by atoms with E-state index in [4.69, 9.17) is 19.4 Å². The Bertz CT molecular complexity index is 487. The van der Waals surface area contributed by atoms with Gasteiger partial charge in [0.05, 0.1) is 17.7 Å². The molecule has 0 amide bonds. The van der Waals surface area contributed by atoms with E-state index in [1.54, 1.807) is 7.11 Å². The van der Waals surface area contributed by atoms with Crippen LogP contribution in [0.2, 0.25) is 0 Å². The van der Waals surface area contributed by atoms with Crippen LogP contribution in [0.4, 0.5) is 13.2 Å². The number of aliphatic carboxylic acids is 1. The van der Waals surface area contributed by atoms with Crippen LogP contribution in [0.3, 0.4) is 0 Å². The van der Waals surface area contributed by atoms with Crippen molar-refractivity contribution in [1.29, 1.82) is 0 Å². The summed E-state index contributed by atoms with van der Waals surface area (Å²) < 4.78 is 43.4. The van der Waals surface area contributed by atoms with Gasteiger partial charge in [0.15, 0.2) is 0 Å². The van der Waals surface area contributed by atoms with Crippen molar-refractivity contribution in [3.8, 4) is 5.75 Å². The molecular weight excluding hydrogens is 407 g/mol. The average molecular weight is 430 g/mol. The number of methoxy groups -OCH3 is 1. The number of alkyl halides is 3. The SMILES string of the molecule is COCCNCCCCCOc1ccccc1Br.O=C(O)C(F)(F)F. The molecule has 0 aliphatic heterocycles. The fourth-order valence-corrected chi connectivity index (χ4v) is 1.97. The highest BCUT2D eigenvalue weighted by Crippen LogP contribution is 2.23. The molecule has 0 fully saturated rings. The van der Waals surface area contributed by atoms with E-state index >= 15 is 0 Å². The Kier molecular flexibility index (Phi) is 13.2. The van der Waals surface area contributed by atoms with Crippen molar-refractivity contribution in [2.45, 2.75) is 25.4 Å². The van der Waals surface area contributed by atoms with E-state index in [1.807, 2.05) is 24.3 Å². The molecule has 0 saturated heterocycles. The zero-order valence-electron chi connectivity index (χ0n) is 13.9. The van der Waals surface area contributed by atoms with Gasteiger partial charge in [-0.1, -0.05) is 12.1 Å². The highest BCUT2D eigenvalue weighted by Gasteiger charge is 2.38. The minimum Gasteiger partial charge on any atom is -0.492 e. The van der Waals surface area contributed by atoms with Gasteiger partial charge in [-0.05, 0) is 53.9 Å². The molecule has 0 radical (unpaired) electrons. The molecule has 2 N–H and O–H groups in total. The van der Waals surface area contributed by atoms with Crippen LogP contribution < -0.4 is 10.1 Å². The first-order chi connectivity index (χ1) is 11.8. The lowest BCUT2D eigenvalue weighted by atomic mass is 10.2. The molecule has 0 bridgehead atoms. The van der Waals surface area contributed by atoms with Crippen molar-refractivity contribution in [1.82, 2.24) is 5.32 Å². The summed E-state index contributed by atoms with van der Waals surface area (Å²) in [5.74, 6) is -1.83. The van der Waals surface area contributed by atoms with Crippen LogP contribution in [0.25, 0.3) is 0 Å². The molecule has 1 aromatic rings. The van der Waals surface area contributed by atoms with Crippen molar-refractivity contribution in [2.75, 3.05) is 33.4 Å². The summed E-state index contributed by atoms with van der Waals surface area (Å²) in [7, 11) is 1.72. The molecule has 0 spiro atoms. The fraction of sp³-hybridized carbons (Fsp3) is 0.562. The molecule has 5 nitrogen and oxygen atoms in total. The molecule has 0 aliphatic rings. The van der Waals surface area contributed by atoms with Gasteiger partial charge in [-0.15, -0.1) is 0 Å². The smallest absolute Gasteiger partial charge is 0.490 e. The molecule has 0 unspecified atom stereocenters. The Balaban J connectivity index is 0.000000697. The Morgan fingerprint density at radius 3 is 2.36 bits per heavy atom. The lowest BCUT2D eigenvalue weighted by molar-refractivity contribution is -0.192. The van der Waals surface area contributed by atoms with E-state index in [-0.39, 0.29) is 0 Å². The van der Waals surface area contributed by atoms with E-state index in [0.717, 1.165) is 42.9 Å². The number of benzene rings is 1. The van der Waals surface area contributed by atoms with Gasteiger partial charge in [-0.25, -0.2) is 4.79 Å². The zero-order valence-corrected chi connectivity index (χ0v) is 15.5. The molecule has 0 aliphatic carbocycles. The first-order valence-electron chi connectivity index (χ1n) is 7.66. The zero-order chi connectivity index (χ0) is 19.1. The van der Waals surface area contributed by atoms with Gasteiger partial charge in [-0.3, -0.25) is 0 Å². The van der Waals surface area contributed by atoms with E-state index in [1.165, 1.54) is 12.8 Å². The van der Waals surface area contributed by atoms with Crippen molar-refractivity contribution >= 4 is 21.9 Å². The van der Waals surface area contributed by atoms with Crippen LogP contribution in [0.15, 0.2) is 28.7 Å². The topological polar surface area (TPSA) is 67.8 Å². The van der Waals surface area contributed by atoms with Crippen LogP contribution >= 0.6 is 15.9 Å².